The highest BCUT2D eigenvalue weighted by atomic mass is 32.2. The summed E-state index contributed by atoms with van der Waals surface area (Å²) in [5.41, 5.74) is 0.711. The largest absolute Gasteiger partial charge is 0.480 e. The third kappa shape index (κ3) is 3.61. The van der Waals surface area contributed by atoms with E-state index in [1.807, 2.05) is 0 Å². The number of benzene rings is 1. The molecule has 0 amide bonds. The van der Waals surface area contributed by atoms with Crippen molar-refractivity contribution in [2.24, 2.45) is 4.99 Å². The average Bonchev–Trinajstić information content (AvgIpc) is 3.30. The predicted octanol–water partition coefficient (Wildman–Crippen LogP) is 0.449. The number of carboxylic acids is 1. The quantitative estimate of drug-likeness (QED) is 0.548. The van der Waals surface area contributed by atoms with Crippen LogP contribution in [0.3, 0.4) is 0 Å². The highest BCUT2D eigenvalue weighted by Crippen LogP contribution is 2.32. The number of aromatic nitrogens is 1. The Morgan fingerprint density at radius 1 is 1.25 bits per heavy atom. The van der Waals surface area contributed by atoms with E-state index in [2.05, 4.69) is 9.98 Å². The van der Waals surface area contributed by atoms with E-state index in [4.69, 9.17) is 14.6 Å². The minimum absolute atomic E-state index is 0.387. The van der Waals surface area contributed by atoms with Crippen LogP contribution in [-0.2, 0) is 9.53 Å². The van der Waals surface area contributed by atoms with Gasteiger partial charge in [0.2, 0.25) is 6.29 Å². The van der Waals surface area contributed by atoms with Gasteiger partial charge in [0.05, 0.1) is 16.3 Å². The molecule has 9 nitrogen and oxygen atoms in total. The number of carboxylic acid groups (broad SMARTS) is 1. The molecule has 28 heavy (non-hydrogen) atoms. The summed E-state index contributed by atoms with van der Waals surface area (Å²) in [4.78, 5) is 19.7. The minimum atomic E-state index is -1.39. The van der Waals surface area contributed by atoms with Gasteiger partial charge in [-0.1, -0.05) is 0 Å². The fourth-order valence-electron chi connectivity index (χ4n) is 2.93. The molecule has 0 bridgehead atoms. The van der Waals surface area contributed by atoms with Crippen molar-refractivity contribution >= 4 is 44.3 Å². The first kappa shape index (κ1) is 19.6. The van der Waals surface area contributed by atoms with Gasteiger partial charge < -0.3 is 29.9 Å². The number of fused-ring (bicyclic) bond motifs is 1. The van der Waals surface area contributed by atoms with Crippen molar-refractivity contribution in [2.45, 2.75) is 43.7 Å². The molecule has 0 radical (unpaired) electrons. The zero-order valence-corrected chi connectivity index (χ0v) is 16.3. The first-order valence-electron chi connectivity index (χ1n) is 8.54. The Morgan fingerprint density at radius 2 is 2.04 bits per heavy atom. The number of thiazole rings is 1. The first-order valence-corrected chi connectivity index (χ1v) is 10.3. The number of ether oxygens (including phenoxy) is 2. The summed E-state index contributed by atoms with van der Waals surface area (Å²) in [6, 6.07) is 4.38. The van der Waals surface area contributed by atoms with E-state index >= 15 is 0 Å². The number of hydrogen-bond acceptors (Lipinski definition) is 10. The van der Waals surface area contributed by atoms with E-state index in [9.17, 15) is 20.1 Å². The fourth-order valence-corrected chi connectivity index (χ4v) is 5.02. The van der Waals surface area contributed by atoms with Crippen molar-refractivity contribution in [2.75, 3.05) is 5.75 Å². The second-order valence-electron chi connectivity index (χ2n) is 6.55. The van der Waals surface area contributed by atoms with Crippen LogP contribution >= 0.6 is 23.1 Å². The number of carbonyl (C=O) groups is 1. The number of nitrogens with zero attached hydrogens (tertiary/aromatic N) is 2. The molecule has 0 spiro atoms. The molecule has 2 aromatic rings. The Bertz CT molecular complexity index is 933. The topological polar surface area (TPSA) is 142 Å². The molecular weight excluding hydrogens is 408 g/mol. The normalized spacial score (nSPS) is 33.1. The second kappa shape index (κ2) is 7.58. The number of thioether (sulfide) groups is 1. The SMILES string of the molecule is C[C@H]1O[C@@H](Oc2ccc3nc(C4=N[C@@H](C(=O)O)CS4)sc3c2)[C@H](O)[C@@H](O)[C@H]1O. The molecule has 1 saturated heterocycles. The standard InChI is InChI=1S/C17H18N2O7S2/c1-6-11(20)12(21)13(22)17(25-6)26-7-2-3-8-10(4-7)28-15(18-8)14-19-9(5-27-14)16(23)24/h2-4,6,9,11-13,17,20-22H,5H2,1H3,(H,23,24)/t6-,9-,11+,12+,13-,17+/m1/s1. The average molecular weight is 426 g/mol. The smallest absolute Gasteiger partial charge is 0.329 e. The number of aliphatic hydroxyl groups is 3. The lowest BCUT2D eigenvalue weighted by Gasteiger charge is -2.38. The van der Waals surface area contributed by atoms with Crippen LogP contribution in [0.4, 0.5) is 0 Å². The summed E-state index contributed by atoms with van der Waals surface area (Å²) >= 11 is 2.72. The molecule has 2 aliphatic rings. The van der Waals surface area contributed by atoms with Crippen LogP contribution in [-0.4, -0.2) is 78.9 Å². The van der Waals surface area contributed by atoms with E-state index in [-0.39, 0.29) is 0 Å². The van der Waals surface area contributed by atoms with Gasteiger partial charge in [0.1, 0.15) is 34.1 Å². The van der Waals surface area contributed by atoms with Gasteiger partial charge in [0.25, 0.3) is 0 Å². The number of aliphatic carboxylic acids is 1. The molecule has 3 heterocycles. The third-order valence-electron chi connectivity index (χ3n) is 4.54. The molecule has 11 heteroatoms. The lowest BCUT2D eigenvalue weighted by Crippen LogP contribution is -2.58. The summed E-state index contributed by atoms with van der Waals surface area (Å²) < 4.78 is 11.9. The Balaban J connectivity index is 1.54. The lowest BCUT2D eigenvalue weighted by atomic mass is 10.00. The molecular formula is C17H18N2O7S2. The van der Waals surface area contributed by atoms with E-state index in [1.54, 1.807) is 25.1 Å². The van der Waals surface area contributed by atoms with Crippen LogP contribution in [0.15, 0.2) is 23.2 Å². The van der Waals surface area contributed by atoms with Crippen LogP contribution in [0.25, 0.3) is 10.2 Å². The van der Waals surface area contributed by atoms with E-state index in [0.717, 1.165) is 4.70 Å². The van der Waals surface area contributed by atoms with Crippen molar-refractivity contribution < 1.29 is 34.7 Å². The van der Waals surface area contributed by atoms with Crippen LogP contribution in [0.2, 0.25) is 0 Å². The Labute approximate surface area is 167 Å². The van der Waals surface area contributed by atoms with E-state index < -0.39 is 42.7 Å². The molecule has 6 atom stereocenters. The molecule has 150 valence electrons. The monoisotopic (exact) mass is 426 g/mol. The van der Waals surface area contributed by atoms with Gasteiger partial charge in [-0.3, -0.25) is 4.99 Å². The van der Waals surface area contributed by atoms with Gasteiger partial charge in [-0.25, -0.2) is 9.78 Å². The Kier molecular flexibility index (Phi) is 5.29. The zero-order chi connectivity index (χ0) is 20.0. The maximum Gasteiger partial charge on any atom is 0.329 e. The molecule has 1 aromatic heterocycles. The Hall–Kier alpha value is -1.76. The summed E-state index contributed by atoms with van der Waals surface area (Å²) in [5.74, 6) is -0.156. The third-order valence-corrected chi connectivity index (χ3v) is 6.75. The highest BCUT2D eigenvalue weighted by molar-refractivity contribution is 8.15. The summed E-state index contributed by atoms with van der Waals surface area (Å²) in [7, 11) is 0. The molecule has 0 saturated carbocycles. The first-order chi connectivity index (χ1) is 13.3. The van der Waals surface area contributed by atoms with Crippen molar-refractivity contribution in [3.63, 3.8) is 0 Å². The lowest BCUT2D eigenvalue weighted by molar-refractivity contribution is -0.268. The molecule has 0 aliphatic carbocycles. The van der Waals surface area contributed by atoms with Gasteiger partial charge in [0, 0.05) is 5.75 Å². The molecule has 4 rings (SSSR count). The Morgan fingerprint density at radius 3 is 2.75 bits per heavy atom. The van der Waals surface area contributed by atoms with Crippen molar-refractivity contribution in [1.82, 2.24) is 4.98 Å². The number of hydrogen-bond donors (Lipinski definition) is 4. The van der Waals surface area contributed by atoms with Gasteiger partial charge in [0.15, 0.2) is 6.04 Å². The highest BCUT2D eigenvalue weighted by Gasteiger charge is 2.43. The van der Waals surface area contributed by atoms with Gasteiger partial charge in [-0.15, -0.1) is 23.1 Å². The van der Waals surface area contributed by atoms with E-state index in [1.165, 1.54) is 23.1 Å². The van der Waals surface area contributed by atoms with Crippen LogP contribution in [0.1, 0.15) is 11.9 Å². The van der Waals surface area contributed by atoms with Gasteiger partial charge in [-0.2, -0.15) is 0 Å². The molecule has 1 fully saturated rings. The maximum atomic E-state index is 11.1. The molecule has 4 N–H and O–H groups in total. The summed E-state index contributed by atoms with van der Waals surface area (Å²) in [6.07, 6.45) is -5.77. The van der Waals surface area contributed by atoms with Crippen LogP contribution in [0, 0.1) is 0 Å². The number of rotatable bonds is 4. The summed E-state index contributed by atoms with van der Waals surface area (Å²) in [5, 5.41) is 40.0. The van der Waals surface area contributed by atoms with Gasteiger partial charge >= 0.3 is 5.97 Å². The minimum Gasteiger partial charge on any atom is -0.480 e. The molecule has 0 unspecified atom stereocenters. The van der Waals surface area contributed by atoms with E-state index in [0.29, 0.717) is 27.1 Å². The van der Waals surface area contributed by atoms with Crippen molar-refractivity contribution in [3.05, 3.63) is 23.2 Å². The predicted molar refractivity (Wildman–Crippen MR) is 103 cm³/mol. The molecule has 2 aliphatic heterocycles. The molecule has 1 aromatic carbocycles. The fraction of sp³-hybridized carbons (Fsp3) is 0.471. The number of aliphatic imine (C=N–C) groups is 1. The van der Waals surface area contributed by atoms with Crippen molar-refractivity contribution in [1.29, 1.82) is 0 Å². The summed E-state index contributed by atoms with van der Waals surface area (Å²) in [6.45, 7) is 1.58. The van der Waals surface area contributed by atoms with Crippen LogP contribution < -0.4 is 4.74 Å². The maximum absolute atomic E-state index is 11.1. The second-order valence-corrected chi connectivity index (χ2v) is 8.59. The van der Waals surface area contributed by atoms with Gasteiger partial charge in [-0.05, 0) is 25.1 Å². The zero-order valence-electron chi connectivity index (χ0n) is 14.6. The van der Waals surface area contributed by atoms with Crippen LogP contribution in [0.5, 0.6) is 5.75 Å². The van der Waals surface area contributed by atoms with Crippen molar-refractivity contribution in [3.8, 4) is 5.75 Å². The number of aliphatic hydroxyl groups excluding tert-OH is 3.